The average molecular weight is 269 g/mol. The van der Waals surface area contributed by atoms with E-state index in [1.165, 1.54) is 49.9 Å². The van der Waals surface area contributed by atoms with Gasteiger partial charge in [0.15, 0.2) is 0 Å². The van der Waals surface area contributed by atoms with Crippen molar-refractivity contribution in [2.45, 2.75) is 53.4 Å². The van der Waals surface area contributed by atoms with E-state index in [-0.39, 0.29) is 5.91 Å². The van der Waals surface area contributed by atoms with Gasteiger partial charge in [-0.25, -0.2) is 0 Å². The zero-order chi connectivity index (χ0) is 14.7. The zero-order valence-electron chi connectivity index (χ0n) is 13.4. The molecule has 0 aliphatic rings. The van der Waals surface area contributed by atoms with Crippen LogP contribution in [0.2, 0.25) is 0 Å². The Bertz CT molecular complexity index is 257. The molecule has 1 amide bonds. The van der Waals surface area contributed by atoms with Gasteiger partial charge in [-0.15, -0.1) is 0 Å². The van der Waals surface area contributed by atoms with Crippen LogP contribution in [0.15, 0.2) is 12.2 Å². The first-order valence-electron chi connectivity index (χ1n) is 7.80. The van der Waals surface area contributed by atoms with E-state index in [4.69, 9.17) is 0 Å². The molecule has 0 aliphatic carbocycles. The fourth-order valence-corrected chi connectivity index (χ4v) is 2.86. The Morgan fingerprint density at radius 1 is 1.00 bits per heavy atom. The lowest BCUT2D eigenvalue weighted by atomic mass is 10.2. The molecule has 3 nitrogen and oxygen atoms in total. The molecule has 0 aliphatic heterocycles. The quantitative estimate of drug-likeness (QED) is 0.348. The summed E-state index contributed by atoms with van der Waals surface area (Å²) < 4.78 is 1.21. The first-order valence-corrected chi connectivity index (χ1v) is 7.80. The molecule has 0 fully saturated rings. The summed E-state index contributed by atoms with van der Waals surface area (Å²) in [6, 6.07) is 0. The second-order valence-corrected chi connectivity index (χ2v) is 5.63. The van der Waals surface area contributed by atoms with E-state index in [1.54, 1.807) is 6.92 Å². The number of carbonyl (C=O) groups excluding carboxylic acids is 1. The topological polar surface area (TPSA) is 29.1 Å². The van der Waals surface area contributed by atoms with Crippen molar-refractivity contribution < 1.29 is 9.28 Å². The van der Waals surface area contributed by atoms with Crippen LogP contribution in [0.4, 0.5) is 0 Å². The second-order valence-electron chi connectivity index (χ2n) is 5.63. The first kappa shape index (κ1) is 18.2. The molecule has 0 atom stereocenters. The monoisotopic (exact) mass is 269 g/mol. The summed E-state index contributed by atoms with van der Waals surface area (Å²) in [6.45, 7) is 17.9. The lowest BCUT2D eigenvalue weighted by Gasteiger charge is -2.38. The predicted molar refractivity (Wildman–Crippen MR) is 83.0 cm³/mol. The molecular weight excluding hydrogens is 236 g/mol. The van der Waals surface area contributed by atoms with E-state index < -0.39 is 0 Å². The Morgan fingerprint density at radius 2 is 1.47 bits per heavy atom. The highest BCUT2D eigenvalue weighted by molar-refractivity contribution is 5.91. The van der Waals surface area contributed by atoms with Gasteiger partial charge in [0.2, 0.25) is 5.91 Å². The van der Waals surface area contributed by atoms with Crippen molar-refractivity contribution in [2.75, 3.05) is 32.7 Å². The minimum atomic E-state index is -0.0143. The van der Waals surface area contributed by atoms with Crippen LogP contribution in [-0.2, 0) is 4.79 Å². The summed E-state index contributed by atoms with van der Waals surface area (Å²) in [5, 5.41) is 2.93. The number of amides is 1. The summed E-state index contributed by atoms with van der Waals surface area (Å²) in [4.78, 5) is 11.4. The van der Waals surface area contributed by atoms with Gasteiger partial charge in [0.1, 0.15) is 0 Å². The molecule has 0 saturated heterocycles. The molecule has 0 spiro atoms. The van der Waals surface area contributed by atoms with Gasteiger partial charge in [-0.05, 0) is 26.2 Å². The molecule has 0 aromatic carbocycles. The Hall–Kier alpha value is -0.830. The second kappa shape index (κ2) is 10.0. The predicted octanol–water partition coefficient (Wildman–Crippen LogP) is 3.12. The van der Waals surface area contributed by atoms with Crippen LogP contribution in [0.5, 0.6) is 0 Å². The lowest BCUT2D eigenvalue weighted by Crippen LogP contribution is -2.51. The molecule has 1 N–H and O–H groups in total. The molecule has 0 aromatic heterocycles. The third-order valence-corrected chi connectivity index (χ3v) is 3.58. The third-order valence-electron chi connectivity index (χ3n) is 3.58. The van der Waals surface area contributed by atoms with Crippen LogP contribution in [0.25, 0.3) is 0 Å². The SMILES string of the molecule is C=C(C)C(=O)NCCC[N+](CCC)(CCC)CCC. The number of nitrogens with zero attached hydrogens (tertiary/aromatic N) is 1. The van der Waals surface area contributed by atoms with Crippen LogP contribution in [0.1, 0.15) is 53.4 Å². The fraction of sp³-hybridized carbons (Fsp3) is 0.812. The highest BCUT2D eigenvalue weighted by Crippen LogP contribution is 2.12. The van der Waals surface area contributed by atoms with E-state index in [1.807, 2.05) is 0 Å². The zero-order valence-corrected chi connectivity index (χ0v) is 13.4. The number of hydrogen-bond acceptors (Lipinski definition) is 1. The molecule has 0 radical (unpaired) electrons. The highest BCUT2D eigenvalue weighted by atomic mass is 16.1. The summed E-state index contributed by atoms with van der Waals surface area (Å²) >= 11 is 0. The van der Waals surface area contributed by atoms with E-state index in [9.17, 15) is 4.79 Å². The Kier molecular flexibility index (Phi) is 9.58. The van der Waals surface area contributed by atoms with Crippen molar-refractivity contribution in [3.8, 4) is 0 Å². The van der Waals surface area contributed by atoms with E-state index in [0.717, 1.165) is 13.0 Å². The van der Waals surface area contributed by atoms with E-state index in [0.29, 0.717) is 5.57 Å². The molecule has 0 unspecified atom stereocenters. The number of hydrogen-bond donors (Lipinski definition) is 1. The Labute approximate surface area is 119 Å². The molecule has 0 bridgehead atoms. The summed E-state index contributed by atoms with van der Waals surface area (Å²) in [5.74, 6) is -0.0143. The van der Waals surface area contributed by atoms with Crippen molar-refractivity contribution in [2.24, 2.45) is 0 Å². The van der Waals surface area contributed by atoms with Gasteiger partial charge < -0.3 is 9.80 Å². The van der Waals surface area contributed by atoms with Gasteiger partial charge in [0.25, 0.3) is 0 Å². The first-order chi connectivity index (χ1) is 9.01. The molecule has 0 heterocycles. The maximum Gasteiger partial charge on any atom is 0.246 e. The number of carbonyl (C=O) groups is 1. The largest absolute Gasteiger partial charge is 0.352 e. The molecule has 19 heavy (non-hydrogen) atoms. The standard InChI is InChI=1S/C16H32N2O/c1-6-11-18(12-7-2,13-8-3)14-9-10-17-16(19)15(4)5/h4,6-14H2,1-3,5H3/p+1. The van der Waals surface area contributed by atoms with Gasteiger partial charge in [-0.3, -0.25) is 4.79 Å². The molecule has 112 valence electrons. The summed E-state index contributed by atoms with van der Waals surface area (Å²) in [5.41, 5.74) is 0.594. The molecule has 0 aromatic rings. The van der Waals surface area contributed by atoms with Crippen LogP contribution in [0, 0.1) is 0 Å². The average Bonchev–Trinajstić information content (AvgIpc) is 2.35. The molecule has 0 saturated carbocycles. The number of quaternary nitrogens is 1. The van der Waals surface area contributed by atoms with Crippen molar-refractivity contribution in [3.63, 3.8) is 0 Å². The van der Waals surface area contributed by atoms with Crippen molar-refractivity contribution >= 4 is 5.91 Å². The molecule has 0 rings (SSSR count). The van der Waals surface area contributed by atoms with Gasteiger partial charge in [-0.1, -0.05) is 27.4 Å². The third kappa shape index (κ3) is 7.36. The Balaban J connectivity index is 4.24. The van der Waals surface area contributed by atoms with Crippen LogP contribution >= 0.6 is 0 Å². The number of nitrogens with one attached hydrogen (secondary N) is 1. The van der Waals surface area contributed by atoms with Crippen LogP contribution in [-0.4, -0.2) is 43.1 Å². The maximum absolute atomic E-state index is 11.4. The van der Waals surface area contributed by atoms with Gasteiger partial charge in [-0.2, -0.15) is 0 Å². The van der Waals surface area contributed by atoms with Crippen molar-refractivity contribution in [1.29, 1.82) is 0 Å². The van der Waals surface area contributed by atoms with Crippen molar-refractivity contribution in [1.82, 2.24) is 5.32 Å². The lowest BCUT2D eigenvalue weighted by molar-refractivity contribution is -0.928. The van der Waals surface area contributed by atoms with Gasteiger partial charge in [0.05, 0.1) is 26.2 Å². The minimum Gasteiger partial charge on any atom is -0.352 e. The normalized spacial score (nSPS) is 11.4. The van der Waals surface area contributed by atoms with Gasteiger partial charge in [0, 0.05) is 18.5 Å². The van der Waals surface area contributed by atoms with Crippen LogP contribution < -0.4 is 5.32 Å². The maximum atomic E-state index is 11.4. The highest BCUT2D eigenvalue weighted by Gasteiger charge is 2.23. The summed E-state index contributed by atoms with van der Waals surface area (Å²) in [7, 11) is 0. The van der Waals surface area contributed by atoms with E-state index in [2.05, 4.69) is 32.7 Å². The van der Waals surface area contributed by atoms with E-state index >= 15 is 0 Å². The molecular formula is C16H33N2O+. The minimum absolute atomic E-state index is 0.0143. The van der Waals surface area contributed by atoms with Crippen LogP contribution in [0.3, 0.4) is 0 Å². The van der Waals surface area contributed by atoms with Crippen molar-refractivity contribution in [3.05, 3.63) is 12.2 Å². The molecule has 3 heteroatoms. The van der Waals surface area contributed by atoms with Gasteiger partial charge >= 0.3 is 0 Å². The smallest absolute Gasteiger partial charge is 0.246 e. The number of rotatable bonds is 11. The fourth-order valence-electron chi connectivity index (χ4n) is 2.86. The summed E-state index contributed by atoms with van der Waals surface area (Å²) in [6.07, 6.45) is 4.76. The Morgan fingerprint density at radius 3 is 1.84 bits per heavy atom.